The Kier molecular flexibility index (Phi) is 2.30. The molecular formula is C9H12N5O2+. The highest BCUT2D eigenvalue weighted by Gasteiger charge is 2.16. The Morgan fingerprint density at radius 1 is 1.44 bits per heavy atom. The molecule has 0 aliphatic heterocycles. The van der Waals surface area contributed by atoms with E-state index in [2.05, 4.69) is 15.1 Å². The summed E-state index contributed by atoms with van der Waals surface area (Å²) in [4.78, 5) is 30.1. The molecule has 0 radical (unpaired) electrons. The van der Waals surface area contributed by atoms with Gasteiger partial charge >= 0.3 is 11.3 Å². The van der Waals surface area contributed by atoms with Crippen molar-refractivity contribution in [2.75, 3.05) is 0 Å². The predicted octanol–water partition coefficient (Wildman–Crippen LogP) is -1.37. The van der Waals surface area contributed by atoms with Crippen molar-refractivity contribution < 1.29 is 4.68 Å². The molecule has 84 valence electrons. The molecule has 0 bridgehead atoms. The number of hydrogen-bond donors (Lipinski definition) is 1. The Morgan fingerprint density at radius 3 is 2.75 bits per heavy atom. The zero-order valence-electron chi connectivity index (χ0n) is 9.31. The summed E-state index contributed by atoms with van der Waals surface area (Å²) in [5.41, 5.74) is -0.257. The number of aromatic amines is 1. The lowest BCUT2D eigenvalue weighted by atomic mass is 10.5. The molecule has 2 aromatic heterocycles. The first-order valence-electron chi connectivity index (χ1n) is 4.92. The van der Waals surface area contributed by atoms with Crippen molar-refractivity contribution in [2.45, 2.75) is 20.4 Å². The number of aromatic nitrogens is 5. The summed E-state index contributed by atoms with van der Waals surface area (Å²) in [6, 6.07) is 0. The summed E-state index contributed by atoms with van der Waals surface area (Å²) in [6.45, 7) is 3.74. The van der Waals surface area contributed by atoms with Crippen LogP contribution in [-0.2, 0) is 13.6 Å². The quantitative estimate of drug-likeness (QED) is 0.603. The van der Waals surface area contributed by atoms with Crippen LogP contribution in [0.2, 0.25) is 0 Å². The van der Waals surface area contributed by atoms with Crippen molar-refractivity contribution in [3.8, 4) is 0 Å². The fourth-order valence-electron chi connectivity index (χ4n) is 1.62. The van der Waals surface area contributed by atoms with Crippen molar-refractivity contribution in [2.24, 2.45) is 7.05 Å². The summed E-state index contributed by atoms with van der Waals surface area (Å²) in [5.74, 6) is 0.488. The molecule has 2 aromatic rings. The SMILES string of the molecule is CCn1c(=O)[nH]c2c(nc(C)n[n+]2C)c1=O. The molecule has 7 nitrogen and oxygen atoms in total. The summed E-state index contributed by atoms with van der Waals surface area (Å²) < 4.78 is 2.55. The van der Waals surface area contributed by atoms with Gasteiger partial charge in [0.25, 0.3) is 5.56 Å². The van der Waals surface area contributed by atoms with Gasteiger partial charge in [-0.15, -0.1) is 4.68 Å². The second-order valence-corrected chi connectivity index (χ2v) is 3.46. The van der Waals surface area contributed by atoms with Gasteiger partial charge in [-0.3, -0.25) is 4.79 Å². The second kappa shape index (κ2) is 3.51. The number of H-pyrrole nitrogens is 1. The van der Waals surface area contributed by atoms with Gasteiger partial charge in [0.15, 0.2) is 5.82 Å². The lowest BCUT2D eigenvalue weighted by molar-refractivity contribution is -0.708. The Labute approximate surface area is 90.4 Å². The average Bonchev–Trinajstić information content (AvgIpc) is 2.21. The van der Waals surface area contributed by atoms with E-state index in [-0.39, 0.29) is 11.1 Å². The van der Waals surface area contributed by atoms with Crippen molar-refractivity contribution in [1.29, 1.82) is 0 Å². The molecule has 0 saturated heterocycles. The van der Waals surface area contributed by atoms with Crippen LogP contribution in [0, 0.1) is 6.92 Å². The van der Waals surface area contributed by atoms with E-state index in [1.165, 1.54) is 4.68 Å². The minimum Gasteiger partial charge on any atom is -0.266 e. The lowest BCUT2D eigenvalue weighted by Gasteiger charge is -2.00. The number of aryl methyl sites for hydroxylation is 2. The van der Waals surface area contributed by atoms with Crippen molar-refractivity contribution in [3.05, 3.63) is 26.7 Å². The minimum absolute atomic E-state index is 0.233. The van der Waals surface area contributed by atoms with Crippen LogP contribution >= 0.6 is 0 Å². The first-order chi connectivity index (χ1) is 7.54. The highest BCUT2D eigenvalue weighted by Crippen LogP contribution is 1.93. The Bertz CT molecular complexity index is 670. The molecule has 0 unspecified atom stereocenters. The van der Waals surface area contributed by atoms with E-state index in [1.54, 1.807) is 20.9 Å². The van der Waals surface area contributed by atoms with Gasteiger partial charge in [0, 0.05) is 6.54 Å². The first kappa shape index (κ1) is 10.5. The van der Waals surface area contributed by atoms with Crippen LogP contribution in [0.3, 0.4) is 0 Å². The van der Waals surface area contributed by atoms with Gasteiger partial charge in [-0.05, 0) is 13.8 Å². The molecule has 0 fully saturated rings. The maximum absolute atomic E-state index is 11.9. The van der Waals surface area contributed by atoms with Crippen LogP contribution in [0.25, 0.3) is 11.2 Å². The van der Waals surface area contributed by atoms with E-state index >= 15 is 0 Å². The first-order valence-corrected chi connectivity index (χ1v) is 4.92. The zero-order valence-corrected chi connectivity index (χ0v) is 9.31. The summed E-state index contributed by atoms with van der Waals surface area (Å²) in [6.07, 6.45) is 0. The molecule has 16 heavy (non-hydrogen) atoms. The molecular weight excluding hydrogens is 210 g/mol. The van der Waals surface area contributed by atoms with E-state index in [4.69, 9.17) is 0 Å². The van der Waals surface area contributed by atoms with Gasteiger partial charge in [0.05, 0.1) is 0 Å². The molecule has 1 N–H and O–H groups in total. The smallest absolute Gasteiger partial charge is 0.266 e. The molecule has 0 spiro atoms. The van der Waals surface area contributed by atoms with Gasteiger partial charge in [-0.1, -0.05) is 5.10 Å². The average molecular weight is 222 g/mol. The Morgan fingerprint density at radius 2 is 2.12 bits per heavy atom. The molecule has 2 heterocycles. The molecule has 7 heteroatoms. The highest BCUT2D eigenvalue weighted by atomic mass is 16.2. The fourth-order valence-corrected chi connectivity index (χ4v) is 1.62. The number of hydrogen-bond acceptors (Lipinski definition) is 4. The van der Waals surface area contributed by atoms with Gasteiger partial charge in [0.2, 0.25) is 5.52 Å². The number of rotatable bonds is 1. The van der Waals surface area contributed by atoms with Gasteiger partial charge in [0.1, 0.15) is 7.05 Å². The second-order valence-electron chi connectivity index (χ2n) is 3.46. The molecule has 0 amide bonds. The lowest BCUT2D eigenvalue weighted by Crippen LogP contribution is -2.43. The maximum atomic E-state index is 11.9. The molecule has 0 aliphatic rings. The standard InChI is InChI=1S/C9H11N5O2/c1-4-14-8(15)6-7(11-9(14)16)13(3)12-5(2)10-6/h4H2,1-3H3/p+1. The maximum Gasteiger partial charge on any atom is 0.416 e. The monoisotopic (exact) mass is 222 g/mol. The molecule has 0 aromatic carbocycles. The van der Waals surface area contributed by atoms with E-state index in [1.807, 2.05) is 0 Å². The number of nitrogens with zero attached hydrogens (tertiary/aromatic N) is 4. The Hall–Kier alpha value is -2.05. The highest BCUT2D eigenvalue weighted by molar-refractivity contribution is 5.63. The van der Waals surface area contributed by atoms with Gasteiger partial charge < -0.3 is 0 Å². The van der Waals surface area contributed by atoms with Crippen LogP contribution < -0.4 is 15.9 Å². The third-order valence-electron chi connectivity index (χ3n) is 2.35. The van der Waals surface area contributed by atoms with Crippen molar-refractivity contribution in [3.63, 3.8) is 0 Å². The van der Waals surface area contributed by atoms with Crippen LogP contribution in [0.1, 0.15) is 12.7 Å². The van der Waals surface area contributed by atoms with Crippen LogP contribution in [0.5, 0.6) is 0 Å². The largest absolute Gasteiger partial charge is 0.416 e. The minimum atomic E-state index is -0.442. The number of fused-ring (bicyclic) bond motifs is 1. The molecule has 0 atom stereocenters. The van der Waals surface area contributed by atoms with E-state index < -0.39 is 5.69 Å². The van der Waals surface area contributed by atoms with Crippen molar-refractivity contribution >= 4 is 11.2 Å². The van der Waals surface area contributed by atoms with Crippen LogP contribution in [0.15, 0.2) is 9.59 Å². The fraction of sp³-hybridized carbons (Fsp3) is 0.444. The van der Waals surface area contributed by atoms with E-state index in [0.29, 0.717) is 18.0 Å². The van der Waals surface area contributed by atoms with Crippen molar-refractivity contribution in [1.82, 2.24) is 19.6 Å². The molecule has 0 saturated carbocycles. The van der Waals surface area contributed by atoms with E-state index in [0.717, 1.165) is 4.57 Å². The number of nitrogens with one attached hydrogen (secondary N) is 1. The normalized spacial score (nSPS) is 10.9. The Balaban J connectivity index is 3.05. The van der Waals surface area contributed by atoms with Crippen LogP contribution in [-0.4, -0.2) is 19.6 Å². The summed E-state index contributed by atoms with van der Waals surface area (Å²) in [7, 11) is 1.66. The topological polar surface area (TPSA) is 84.5 Å². The third kappa shape index (κ3) is 1.40. The van der Waals surface area contributed by atoms with Crippen LogP contribution in [0.4, 0.5) is 0 Å². The predicted molar refractivity (Wildman–Crippen MR) is 56.0 cm³/mol. The third-order valence-corrected chi connectivity index (χ3v) is 2.35. The summed E-state index contributed by atoms with van der Waals surface area (Å²) >= 11 is 0. The molecule has 0 aliphatic carbocycles. The van der Waals surface area contributed by atoms with Gasteiger partial charge in [-0.2, -0.15) is 4.98 Å². The zero-order chi connectivity index (χ0) is 11.9. The van der Waals surface area contributed by atoms with Gasteiger partial charge in [-0.25, -0.2) is 14.3 Å². The summed E-state index contributed by atoms with van der Waals surface area (Å²) in [5, 5.41) is 4.03. The molecule has 2 rings (SSSR count). The van der Waals surface area contributed by atoms with E-state index in [9.17, 15) is 9.59 Å².